The lowest BCUT2D eigenvalue weighted by atomic mass is 10.2. The van der Waals surface area contributed by atoms with Crippen LogP contribution < -0.4 is 0 Å². The normalized spacial score (nSPS) is 11.2. The van der Waals surface area contributed by atoms with Crippen LogP contribution in [-0.2, 0) is 6.54 Å². The average Bonchev–Trinajstić information content (AvgIpc) is 2.71. The molecular formula is C14H8BrF3N2S. The van der Waals surface area contributed by atoms with Crippen LogP contribution in [0.4, 0.5) is 13.2 Å². The maximum absolute atomic E-state index is 13.7. The summed E-state index contributed by atoms with van der Waals surface area (Å²) in [6.07, 6.45) is 0. The molecule has 1 aromatic heterocycles. The molecule has 0 aliphatic rings. The molecule has 108 valence electrons. The van der Waals surface area contributed by atoms with Crippen molar-refractivity contribution in [1.29, 1.82) is 0 Å². The van der Waals surface area contributed by atoms with Crippen LogP contribution in [0, 0.1) is 22.2 Å². The van der Waals surface area contributed by atoms with Gasteiger partial charge >= 0.3 is 0 Å². The van der Waals surface area contributed by atoms with E-state index in [0.717, 1.165) is 18.2 Å². The Morgan fingerprint density at radius 2 is 1.86 bits per heavy atom. The van der Waals surface area contributed by atoms with Crippen LogP contribution in [0.5, 0.6) is 0 Å². The van der Waals surface area contributed by atoms with Gasteiger partial charge in [0.2, 0.25) is 0 Å². The Balaban J connectivity index is 2.16. The number of aromatic amines is 1. The van der Waals surface area contributed by atoms with Gasteiger partial charge in [0.25, 0.3) is 0 Å². The van der Waals surface area contributed by atoms with E-state index in [1.54, 1.807) is 10.6 Å². The lowest BCUT2D eigenvalue weighted by Crippen LogP contribution is -2.02. The van der Waals surface area contributed by atoms with Crippen LogP contribution in [0.25, 0.3) is 11.0 Å². The predicted octanol–water partition coefficient (Wildman–Crippen LogP) is 4.93. The Labute approximate surface area is 131 Å². The Kier molecular flexibility index (Phi) is 3.62. The van der Waals surface area contributed by atoms with Crippen LogP contribution in [0.1, 0.15) is 5.56 Å². The first-order valence-electron chi connectivity index (χ1n) is 5.97. The van der Waals surface area contributed by atoms with Gasteiger partial charge in [-0.15, -0.1) is 0 Å². The van der Waals surface area contributed by atoms with Crippen molar-refractivity contribution < 1.29 is 13.2 Å². The summed E-state index contributed by atoms with van der Waals surface area (Å²) in [6, 6.07) is 6.09. The van der Waals surface area contributed by atoms with E-state index in [9.17, 15) is 13.2 Å². The van der Waals surface area contributed by atoms with Crippen molar-refractivity contribution in [2.24, 2.45) is 0 Å². The fourth-order valence-corrected chi connectivity index (χ4v) is 2.75. The van der Waals surface area contributed by atoms with Crippen molar-refractivity contribution in [2.45, 2.75) is 6.54 Å². The summed E-state index contributed by atoms with van der Waals surface area (Å²) in [7, 11) is 0. The number of H-pyrrole nitrogens is 1. The van der Waals surface area contributed by atoms with Crippen LogP contribution in [0.3, 0.4) is 0 Å². The number of hydrogen-bond acceptors (Lipinski definition) is 1. The van der Waals surface area contributed by atoms with Gasteiger partial charge in [0.05, 0.1) is 22.1 Å². The van der Waals surface area contributed by atoms with E-state index in [4.69, 9.17) is 12.2 Å². The molecule has 7 heteroatoms. The molecule has 3 aromatic rings. The highest BCUT2D eigenvalue weighted by atomic mass is 79.9. The van der Waals surface area contributed by atoms with E-state index < -0.39 is 17.5 Å². The highest BCUT2D eigenvalue weighted by Crippen LogP contribution is 2.24. The lowest BCUT2D eigenvalue weighted by Gasteiger charge is -2.07. The van der Waals surface area contributed by atoms with Crippen LogP contribution in [0.15, 0.2) is 34.8 Å². The van der Waals surface area contributed by atoms with Gasteiger partial charge in [0.15, 0.2) is 4.77 Å². The monoisotopic (exact) mass is 372 g/mol. The van der Waals surface area contributed by atoms with E-state index in [0.29, 0.717) is 15.8 Å². The first-order valence-corrected chi connectivity index (χ1v) is 7.17. The number of halogens is 4. The van der Waals surface area contributed by atoms with Crippen LogP contribution in [0.2, 0.25) is 0 Å². The van der Waals surface area contributed by atoms with Gasteiger partial charge in [-0.05, 0) is 52.4 Å². The number of nitrogens with zero attached hydrogens (tertiary/aromatic N) is 1. The van der Waals surface area contributed by atoms with Gasteiger partial charge in [-0.2, -0.15) is 0 Å². The second-order valence-electron chi connectivity index (χ2n) is 4.54. The highest BCUT2D eigenvalue weighted by molar-refractivity contribution is 9.10. The summed E-state index contributed by atoms with van der Waals surface area (Å²) >= 11 is 8.27. The summed E-state index contributed by atoms with van der Waals surface area (Å²) < 4.78 is 42.7. The Morgan fingerprint density at radius 3 is 2.62 bits per heavy atom. The molecule has 1 N–H and O–H groups in total. The quantitative estimate of drug-likeness (QED) is 0.632. The number of benzene rings is 2. The lowest BCUT2D eigenvalue weighted by molar-refractivity contribution is 0.578. The average molecular weight is 373 g/mol. The topological polar surface area (TPSA) is 20.7 Å². The molecule has 0 amide bonds. The molecule has 0 aliphatic carbocycles. The van der Waals surface area contributed by atoms with E-state index >= 15 is 0 Å². The van der Waals surface area contributed by atoms with Crippen molar-refractivity contribution in [3.8, 4) is 0 Å². The number of rotatable bonds is 2. The standard InChI is InChI=1S/C14H8BrF3N2S/c15-9-4-13-12(5-11(9)18)19-14(21)20(13)6-7-3-8(16)1-2-10(7)17/h1-5H,6H2,(H,19,21). The molecule has 0 saturated heterocycles. The van der Waals surface area contributed by atoms with Gasteiger partial charge in [-0.25, -0.2) is 13.2 Å². The van der Waals surface area contributed by atoms with Gasteiger partial charge < -0.3 is 9.55 Å². The number of nitrogens with one attached hydrogen (secondary N) is 1. The third-order valence-corrected chi connectivity index (χ3v) is 4.08. The van der Waals surface area contributed by atoms with Crippen molar-refractivity contribution in [3.63, 3.8) is 0 Å². The summed E-state index contributed by atoms with van der Waals surface area (Å²) in [5, 5.41) is 0. The van der Waals surface area contributed by atoms with E-state index in [1.807, 2.05) is 0 Å². The number of hydrogen-bond donors (Lipinski definition) is 1. The van der Waals surface area contributed by atoms with Crippen LogP contribution >= 0.6 is 28.1 Å². The molecule has 0 spiro atoms. The van der Waals surface area contributed by atoms with Crippen molar-refractivity contribution in [3.05, 3.63) is 62.6 Å². The molecule has 0 unspecified atom stereocenters. The first-order chi connectivity index (χ1) is 9.95. The summed E-state index contributed by atoms with van der Waals surface area (Å²) in [5.41, 5.74) is 1.28. The van der Waals surface area contributed by atoms with Crippen molar-refractivity contribution >= 4 is 39.2 Å². The molecule has 0 fully saturated rings. The minimum absolute atomic E-state index is 0.0561. The maximum Gasteiger partial charge on any atom is 0.178 e. The maximum atomic E-state index is 13.7. The molecule has 0 aliphatic heterocycles. The SMILES string of the molecule is Fc1ccc(F)c(Cn2c(=S)[nH]c3cc(F)c(Br)cc32)c1. The Bertz CT molecular complexity index is 901. The predicted molar refractivity (Wildman–Crippen MR) is 80.2 cm³/mol. The third-order valence-electron chi connectivity index (χ3n) is 3.15. The molecule has 2 nitrogen and oxygen atoms in total. The minimum Gasteiger partial charge on any atom is -0.330 e. The second kappa shape index (κ2) is 5.31. The molecule has 1 heterocycles. The molecule has 0 bridgehead atoms. The molecule has 2 aromatic carbocycles. The van der Waals surface area contributed by atoms with E-state index in [1.165, 1.54) is 6.07 Å². The molecule has 0 radical (unpaired) electrons. The van der Waals surface area contributed by atoms with Gasteiger partial charge in [0, 0.05) is 11.6 Å². The Morgan fingerprint density at radius 1 is 1.10 bits per heavy atom. The summed E-state index contributed by atoms with van der Waals surface area (Å²) in [5.74, 6) is -1.47. The van der Waals surface area contributed by atoms with Crippen molar-refractivity contribution in [2.75, 3.05) is 0 Å². The fourth-order valence-electron chi connectivity index (χ4n) is 2.14. The second-order valence-corrected chi connectivity index (χ2v) is 5.78. The number of fused-ring (bicyclic) bond motifs is 1. The Hall–Kier alpha value is -1.60. The molecule has 0 saturated carbocycles. The van der Waals surface area contributed by atoms with Crippen molar-refractivity contribution in [1.82, 2.24) is 9.55 Å². The smallest absolute Gasteiger partial charge is 0.178 e. The van der Waals surface area contributed by atoms with Crippen LogP contribution in [-0.4, -0.2) is 9.55 Å². The van der Waals surface area contributed by atoms with E-state index in [-0.39, 0.29) is 16.6 Å². The summed E-state index contributed by atoms with van der Waals surface area (Å²) in [4.78, 5) is 2.85. The van der Waals surface area contributed by atoms with Gasteiger partial charge in [0.1, 0.15) is 17.5 Å². The molecular weight excluding hydrogens is 365 g/mol. The zero-order valence-corrected chi connectivity index (χ0v) is 12.9. The summed E-state index contributed by atoms with van der Waals surface area (Å²) in [6.45, 7) is 0.0561. The molecule has 0 atom stereocenters. The zero-order chi connectivity index (χ0) is 15.1. The fraction of sp³-hybridized carbons (Fsp3) is 0.0714. The largest absolute Gasteiger partial charge is 0.330 e. The molecule has 3 rings (SSSR count). The van der Waals surface area contributed by atoms with E-state index in [2.05, 4.69) is 20.9 Å². The third kappa shape index (κ3) is 2.63. The molecule has 21 heavy (non-hydrogen) atoms. The highest BCUT2D eigenvalue weighted by Gasteiger charge is 2.11. The zero-order valence-electron chi connectivity index (χ0n) is 10.5. The van der Waals surface area contributed by atoms with Gasteiger partial charge in [-0.3, -0.25) is 0 Å². The number of imidazole rings is 1. The number of aromatic nitrogens is 2. The van der Waals surface area contributed by atoms with Gasteiger partial charge in [-0.1, -0.05) is 0 Å². The first kappa shape index (κ1) is 14.3. The minimum atomic E-state index is -0.523.